The molecule has 0 fully saturated rings. The first-order valence-electron chi connectivity index (χ1n) is 14.1. The largest absolute Gasteiger partial charge is 0.466 e. The number of carbonyl (C=O) groups is 1. The molecule has 2 nitrogen and oxygen atoms in total. The molecule has 0 radical (unpaired) electrons. The van der Waals surface area contributed by atoms with Crippen LogP contribution in [0, 0.1) is 0 Å². The molecule has 0 unspecified atom stereocenters. The van der Waals surface area contributed by atoms with Crippen LogP contribution in [-0.4, -0.2) is 12.6 Å². The van der Waals surface area contributed by atoms with E-state index < -0.39 is 0 Å². The average molecular weight is 437 g/mol. The summed E-state index contributed by atoms with van der Waals surface area (Å²) in [6.07, 6.45) is 32.9. The molecule has 0 aromatic rings. The molecule has 0 spiro atoms. The molecule has 0 aromatic heterocycles. The highest BCUT2D eigenvalue weighted by molar-refractivity contribution is 5.69. The van der Waals surface area contributed by atoms with Crippen molar-refractivity contribution < 1.29 is 9.53 Å². The van der Waals surface area contributed by atoms with E-state index in [2.05, 4.69) is 13.5 Å². The fourth-order valence-corrected chi connectivity index (χ4v) is 4.17. The third-order valence-corrected chi connectivity index (χ3v) is 6.30. The van der Waals surface area contributed by atoms with Gasteiger partial charge in [0.25, 0.3) is 0 Å². The summed E-state index contributed by atoms with van der Waals surface area (Å²) >= 11 is 0. The number of hydrogen-bond donors (Lipinski definition) is 0. The number of ether oxygens (including phenoxy) is 1. The van der Waals surface area contributed by atoms with E-state index in [4.69, 9.17) is 4.74 Å². The first-order chi connectivity index (χ1) is 15.3. The summed E-state index contributed by atoms with van der Waals surface area (Å²) in [5.74, 6) is 0.00705. The summed E-state index contributed by atoms with van der Waals surface area (Å²) < 4.78 is 5.37. The molecule has 0 atom stereocenters. The Morgan fingerprint density at radius 1 is 0.581 bits per heavy atom. The molecule has 31 heavy (non-hydrogen) atoms. The van der Waals surface area contributed by atoms with Gasteiger partial charge in [-0.25, -0.2) is 0 Å². The van der Waals surface area contributed by atoms with Crippen molar-refractivity contribution in [2.75, 3.05) is 6.61 Å². The molecule has 0 amide bonds. The zero-order valence-corrected chi connectivity index (χ0v) is 21.3. The molecule has 0 aliphatic carbocycles. The Kier molecular flexibility index (Phi) is 26.5. The third-order valence-electron chi connectivity index (χ3n) is 6.30. The number of hydrogen-bond acceptors (Lipinski definition) is 2. The van der Waals surface area contributed by atoms with Gasteiger partial charge in [0.1, 0.15) is 0 Å². The Bertz CT molecular complexity index is 364. The predicted molar refractivity (Wildman–Crippen MR) is 138 cm³/mol. The molecule has 0 rings (SSSR count). The Hall–Kier alpha value is -0.790. The van der Waals surface area contributed by atoms with Gasteiger partial charge in [-0.1, -0.05) is 135 Å². The van der Waals surface area contributed by atoms with Crippen LogP contribution < -0.4 is 0 Å². The highest BCUT2D eigenvalue weighted by Gasteiger charge is 2.02. The molecule has 0 saturated heterocycles. The molecular formula is C29H56O2. The van der Waals surface area contributed by atoms with E-state index in [1.807, 2.05) is 6.08 Å². The Morgan fingerprint density at radius 2 is 0.968 bits per heavy atom. The van der Waals surface area contributed by atoms with Crippen molar-refractivity contribution in [1.29, 1.82) is 0 Å². The van der Waals surface area contributed by atoms with Crippen LogP contribution in [0.5, 0.6) is 0 Å². The van der Waals surface area contributed by atoms with Crippen LogP contribution in [0.25, 0.3) is 0 Å². The normalized spacial score (nSPS) is 11.0. The fraction of sp³-hybridized carbons (Fsp3) is 0.897. The topological polar surface area (TPSA) is 26.3 Å². The van der Waals surface area contributed by atoms with Crippen molar-refractivity contribution in [2.45, 2.75) is 161 Å². The number of carbonyl (C=O) groups excluding carboxylic acids is 1. The van der Waals surface area contributed by atoms with Crippen LogP contribution in [0.15, 0.2) is 12.7 Å². The second kappa shape index (κ2) is 27.2. The smallest absolute Gasteiger partial charge is 0.305 e. The quantitative estimate of drug-likeness (QED) is 0.0765. The van der Waals surface area contributed by atoms with E-state index in [0.717, 1.165) is 25.7 Å². The van der Waals surface area contributed by atoms with E-state index in [0.29, 0.717) is 13.0 Å². The molecule has 0 aliphatic heterocycles. The van der Waals surface area contributed by atoms with E-state index in [1.165, 1.54) is 122 Å². The highest BCUT2D eigenvalue weighted by atomic mass is 16.5. The van der Waals surface area contributed by atoms with E-state index >= 15 is 0 Å². The van der Waals surface area contributed by atoms with Crippen molar-refractivity contribution in [3.8, 4) is 0 Å². The molecule has 184 valence electrons. The molecule has 0 heterocycles. The van der Waals surface area contributed by atoms with Gasteiger partial charge in [-0.15, -0.1) is 6.58 Å². The first kappa shape index (κ1) is 30.2. The van der Waals surface area contributed by atoms with E-state index in [9.17, 15) is 4.79 Å². The van der Waals surface area contributed by atoms with Crippen LogP contribution >= 0.6 is 0 Å². The van der Waals surface area contributed by atoms with E-state index in [1.54, 1.807) is 0 Å². The van der Waals surface area contributed by atoms with Crippen molar-refractivity contribution >= 4 is 5.97 Å². The van der Waals surface area contributed by atoms with Gasteiger partial charge in [0, 0.05) is 6.42 Å². The predicted octanol–water partition coefficient (Wildman–Crippen LogP) is 10.1. The molecular weight excluding hydrogens is 380 g/mol. The standard InChI is InChI=1S/C29H56O2/c1-3-5-7-9-11-13-14-15-16-17-18-19-20-22-24-26-28-31-29(30)27-25-23-21-12-10-8-6-4-2/h4H,2-3,5-28H2,1H3. The zero-order valence-electron chi connectivity index (χ0n) is 21.3. The Labute approximate surface area is 196 Å². The summed E-state index contributed by atoms with van der Waals surface area (Å²) in [6, 6.07) is 0. The van der Waals surface area contributed by atoms with Crippen molar-refractivity contribution in [1.82, 2.24) is 0 Å². The highest BCUT2D eigenvalue weighted by Crippen LogP contribution is 2.14. The lowest BCUT2D eigenvalue weighted by Crippen LogP contribution is -2.05. The van der Waals surface area contributed by atoms with Crippen LogP contribution in [-0.2, 0) is 9.53 Å². The van der Waals surface area contributed by atoms with Crippen LogP contribution in [0.1, 0.15) is 161 Å². The summed E-state index contributed by atoms with van der Waals surface area (Å²) in [7, 11) is 0. The molecule has 2 heteroatoms. The maximum Gasteiger partial charge on any atom is 0.305 e. The van der Waals surface area contributed by atoms with Crippen molar-refractivity contribution in [2.24, 2.45) is 0 Å². The van der Waals surface area contributed by atoms with Gasteiger partial charge in [-0.2, -0.15) is 0 Å². The maximum atomic E-state index is 11.7. The average Bonchev–Trinajstić information content (AvgIpc) is 2.77. The Morgan fingerprint density at radius 3 is 1.42 bits per heavy atom. The Balaban J connectivity index is 3.12. The number of esters is 1. The fourth-order valence-electron chi connectivity index (χ4n) is 4.17. The van der Waals surface area contributed by atoms with E-state index in [-0.39, 0.29) is 5.97 Å². The van der Waals surface area contributed by atoms with Gasteiger partial charge >= 0.3 is 5.97 Å². The molecule has 0 bridgehead atoms. The first-order valence-corrected chi connectivity index (χ1v) is 14.1. The van der Waals surface area contributed by atoms with Crippen molar-refractivity contribution in [3.63, 3.8) is 0 Å². The lowest BCUT2D eigenvalue weighted by Gasteiger charge is -2.05. The van der Waals surface area contributed by atoms with Gasteiger partial charge < -0.3 is 4.74 Å². The molecule has 0 aliphatic rings. The number of rotatable bonds is 26. The minimum absolute atomic E-state index is 0.00705. The lowest BCUT2D eigenvalue weighted by atomic mass is 10.0. The van der Waals surface area contributed by atoms with Gasteiger partial charge in [-0.3, -0.25) is 4.79 Å². The summed E-state index contributed by atoms with van der Waals surface area (Å²) in [5, 5.41) is 0. The van der Waals surface area contributed by atoms with Gasteiger partial charge in [0.15, 0.2) is 0 Å². The number of allylic oxidation sites excluding steroid dienone is 1. The maximum absolute atomic E-state index is 11.7. The molecule has 0 N–H and O–H groups in total. The minimum Gasteiger partial charge on any atom is -0.466 e. The molecule has 0 saturated carbocycles. The zero-order chi connectivity index (χ0) is 22.7. The van der Waals surface area contributed by atoms with Crippen LogP contribution in [0.4, 0.5) is 0 Å². The minimum atomic E-state index is 0.00705. The second-order valence-electron chi connectivity index (χ2n) is 9.47. The summed E-state index contributed by atoms with van der Waals surface area (Å²) in [4.78, 5) is 11.7. The van der Waals surface area contributed by atoms with Crippen LogP contribution in [0.2, 0.25) is 0 Å². The monoisotopic (exact) mass is 436 g/mol. The summed E-state index contributed by atoms with van der Waals surface area (Å²) in [6.45, 7) is 6.66. The number of unbranched alkanes of at least 4 members (excludes halogenated alkanes) is 21. The third kappa shape index (κ3) is 27.2. The van der Waals surface area contributed by atoms with Gasteiger partial charge in [0.2, 0.25) is 0 Å². The molecule has 0 aromatic carbocycles. The van der Waals surface area contributed by atoms with Gasteiger partial charge in [-0.05, 0) is 25.7 Å². The van der Waals surface area contributed by atoms with Gasteiger partial charge in [0.05, 0.1) is 6.61 Å². The lowest BCUT2D eigenvalue weighted by molar-refractivity contribution is -0.143. The van der Waals surface area contributed by atoms with Crippen LogP contribution in [0.3, 0.4) is 0 Å². The van der Waals surface area contributed by atoms with Crippen molar-refractivity contribution in [3.05, 3.63) is 12.7 Å². The second-order valence-corrected chi connectivity index (χ2v) is 9.47. The SMILES string of the molecule is C=CCCCCCCCCC(=O)OCCCCCCCCCCCCCCCCCC. The summed E-state index contributed by atoms with van der Waals surface area (Å²) in [5.41, 5.74) is 0.